The lowest BCUT2D eigenvalue weighted by Crippen LogP contribution is -2.41. The Balaban J connectivity index is 1.99. The molecular weight excluding hydrogens is 267 g/mol. The molecule has 0 spiro atoms. The van der Waals surface area contributed by atoms with Crippen molar-refractivity contribution in [3.05, 3.63) is 0 Å². The first-order valence-electron chi connectivity index (χ1n) is 6.01. The number of rotatable bonds is 2. The second kappa shape index (κ2) is 4.99. The Morgan fingerprint density at radius 1 is 1.26 bits per heavy atom. The van der Waals surface area contributed by atoms with Crippen molar-refractivity contribution in [1.82, 2.24) is 4.90 Å². The van der Waals surface area contributed by atoms with Crippen LogP contribution >= 0.6 is 0 Å². The highest BCUT2D eigenvalue weighted by molar-refractivity contribution is 5.82. The average molecular weight is 281 g/mol. The molecule has 0 aliphatic carbocycles. The highest BCUT2D eigenvalue weighted by Crippen LogP contribution is 2.34. The van der Waals surface area contributed by atoms with Crippen molar-refractivity contribution < 1.29 is 32.6 Å². The van der Waals surface area contributed by atoms with Gasteiger partial charge in [0, 0.05) is 25.6 Å². The lowest BCUT2D eigenvalue weighted by molar-refractivity contribution is -0.184. The van der Waals surface area contributed by atoms with Crippen LogP contribution in [0.25, 0.3) is 0 Å². The van der Waals surface area contributed by atoms with Gasteiger partial charge in [0.05, 0.1) is 12.0 Å². The number of hydrogen-bond acceptors (Lipinski definition) is 3. The number of carbonyl (C=O) groups is 2. The smallest absolute Gasteiger partial charge is 0.471 e. The molecule has 1 N–H and O–H groups in total. The van der Waals surface area contributed by atoms with Crippen molar-refractivity contribution in [2.45, 2.75) is 25.1 Å². The maximum atomic E-state index is 12.3. The van der Waals surface area contributed by atoms with Gasteiger partial charge in [-0.15, -0.1) is 0 Å². The third-order valence-electron chi connectivity index (χ3n) is 3.67. The standard InChI is InChI=1S/C11H14F3NO4/c12-11(13,14)10(18)15-3-1-6(5-15)8-7(9(16)17)2-4-19-8/h6-8H,1-5H2,(H,16,17)/t6?,7-,8+/m1/s1. The van der Waals surface area contributed by atoms with Crippen molar-refractivity contribution in [3.63, 3.8) is 0 Å². The van der Waals surface area contributed by atoms with E-state index in [1.54, 1.807) is 0 Å². The number of likely N-dealkylation sites (tertiary alicyclic amines) is 1. The molecule has 2 aliphatic heterocycles. The normalized spacial score (nSPS) is 31.7. The van der Waals surface area contributed by atoms with E-state index in [1.807, 2.05) is 0 Å². The molecule has 2 aliphatic rings. The average Bonchev–Trinajstić information content (AvgIpc) is 2.95. The Labute approximate surface area is 107 Å². The zero-order chi connectivity index (χ0) is 14.2. The summed E-state index contributed by atoms with van der Waals surface area (Å²) in [4.78, 5) is 22.8. The van der Waals surface area contributed by atoms with Gasteiger partial charge in [0.15, 0.2) is 0 Å². The number of amides is 1. The van der Waals surface area contributed by atoms with Gasteiger partial charge in [-0.1, -0.05) is 0 Å². The molecule has 1 amide bonds. The Morgan fingerprint density at radius 2 is 1.95 bits per heavy atom. The van der Waals surface area contributed by atoms with E-state index in [0.29, 0.717) is 19.4 Å². The number of ether oxygens (including phenoxy) is 1. The van der Waals surface area contributed by atoms with Gasteiger partial charge in [0.1, 0.15) is 0 Å². The van der Waals surface area contributed by atoms with Gasteiger partial charge >= 0.3 is 18.1 Å². The molecule has 1 unspecified atom stereocenters. The summed E-state index contributed by atoms with van der Waals surface area (Å²) in [7, 11) is 0. The van der Waals surface area contributed by atoms with Crippen molar-refractivity contribution in [3.8, 4) is 0 Å². The van der Waals surface area contributed by atoms with E-state index in [9.17, 15) is 22.8 Å². The maximum Gasteiger partial charge on any atom is 0.471 e. The third kappa shape index (κ3) is 2.83. The van der Waals surface area contributed by atoms with Crippen LogP contribution < -0.4 is 0 Å². The molecule has 0 saturated carbocycles. The van der Waals surface area contributed by atoms with E-state index in [4.69, 9.17) is 9.84 Å². The van der Waals surface area contributed by atoms with E-state index in [2.05, 4.69) is 0 Å². The molecule has 19 heavy (non-hydrogen) atoms. The van der Waals surface area contributed by atoms with E-state index < -0.39 is 30.1 Å². The molecule has 2 heterocycles. The Morgan fingerprint density at radius 3 is 2.53 bits per heavy atom. The Kier molecular flexibility index (Phi) is 3.71. The fourth-order valence-electron chi connectivity index (χ4n) is 2.76. The van der Waals surface area contributed by atoms with Gasteiger partial charge in [-0.3, -0.25) is 9.59 Å². The molecule has 2 fully saturated rings. The number of carbonyl (C=O) groups excluding carboxylic acids is 1. The summed E-state index contributed by atoms with van der Waals surface area (Å²) in [6, 6.07) is 0. The lowest BCUT2D eigenvalue weighted by atomic mass is 9.90. The molecular formula is C11H14F3NO4. The Bertz CT molecular complexity index is 385. The fourth-order valence-corrected chi connectivity index (χ4v) is 2.76. The van der Waals surface area contributed by atoms with Crippen LogP contribution in [-0.2, 0) is 14.3 Å². The summed E-state index contributed by atoms with van der Waals surface area (Å²) in [6.07, 6.45) is -4.76. The van der Waals surface area contributed by atoms with Crippen LogP contribution in [0.4, 0.5) is 13.2 Å². The number of carboxylic acid groups (broad SMARTS) is 1. The van der Waals surface area contributed by atoms with Crippen molar-refractivity contribution in [2.75, 3.05) is 19.7 Å². The first-order chi connectivity index (χ1) is 8.80. The molecule has 0 aromatic carbocycles. The number of carboxylic acids is 1. The van der Waals surface area contributed by atoms with Crippen LogP contribution in [0.2, 0.25) is 0 Å². The van der Waals surface area contributed by atoms with E-state index >= 15 is 0 Å². The summed E-state index contributed by atoms with van der Waals surface area (Å²) < 4.78 is 42.2. The van der Waals surface area contributed by atoms with Crippen LogP contribution in [-0.4, -0.2) is 53.9 Å². The molecule has 5 nitrogen and oxygen atoms in total. The van der Waals surface area contributed by atoms with Crippen LogP contribution in [0, 0.1) is 11.8 Å². The first kappa shape index (κ1) is 14.1. The van der Waals surface area contributed by atoms with Crippen LogP contribution in [0.1, 0.15) is 12.8 Å². The SMILES string of the molecule is O=C(O)[C@@H]1CCO[C@H]1C1CCN(C(=O)C(F)(F)F)C1. The van der Waals surface area contributed by atoms with Gasteiger partial charge in [-0.2, -0.15) is 13.2 Å². The van der Waals surface area contributed by atoms with Crippen LogP contribution in [0.5, 0.6) is 0 Å². The number of nitrogens with zero attached hydrogens (tertiary/aromatic N) is 1. The molecule has 0 radical (unpaired) electrons. The molecule has 8 heteroatoms. The number of halogens is 3. The largest absolute Gasteiger partial charge is 0.481 e. The summed E-state index contributed by atoms with van der Waals surface area (Å²) in [5.41, 5.74) is 0. The summed E-state index contributed by atoms with van der Waals surface area (Å²) in [6.45, 7) is 0.202. The van der Waals surface area contributed by atoms with Gasteiger partial charge < -0.3 is 14.7 Å². The third-order valence-corrected chi connectivity index (χ3v) is 3.67. The van der Waals surface area contributed by atoms with E-state index in [0.717, 1.165) is 4.90 Å². The lowest BCUT2D eigenvalue weighted by Gasteiger charge is -2.23. The molecule has 0 aromatic heterocycles. The molecule has 3 atom stereocenters. The second-order valence-corrected chi connectivity index (χ2v) is 4.87. The highest BCUT2D eigenvalue weighted by atomic mass is 19.4. The minimum absolute atomic E-state index is 0.00475. The summed E-state index contributed by atoms with van der Waals surface area (Å²) >= 11 is 0. The van der Waals surface area contributed by atoms with Gasteiger partial charge in [-0.05, 0) is 12.8 Å². The zero-order valence-corrected chi connectivity index (χ0v) is 10.0. The first-order valence-corrected chi connectivity index (χ1v) is 6.01. The summed E-state index contributed by atoms with van der Waals surface area (Å²) in [5.74, 6) is -3.89. The second-order valence-electron chi connectivity index (χ2n) is 4.87. The van der Waals surface area contributed by atoms with Crippen molar-refractivity contribution >= 4 is 11.9 Å². The molecule has 0 bridgehead atoms. The number of hydrogen-bond donors (Lipinski definition) is 1. The molecule has 2 saturated heterocycles. The fraction of sp³-hybridized carbons (Fsp3) is 0.818. The quantitative estimate of drug-likeness (QED) is 0.816. The maximum absolute atomic E-state index is 12.3. The monoisotopic (exact) mass is 281 g/mol. The van der Waals surface area contributed by atoms with Crippen molar-refractivity contribution in [1.29, 1.82) is 0 Å². The summed E-state index contributed by atoms with van der Waals surface area (Å²) in [5, 5.41) is 9.01. The molecule has 2 rings (SSSR count). The minimum atomic E-state index is -4.88. The zero-order valence-electron chi connectivity index (χ0n) is 10.0. The van der Waals surface area contributed by atoms with Gasteiger partial charge in [0.2, 0.25) is 0 Å². The van der Waals surface area contributed by atoms with E-state index in [1.165, 1.54) is 0 Å². The molecule has 0 aromatic rings. The van der Waals surface area contributed by atoms with Gasteiger partial charge in [0.25, 0.3) is 0 Å². The number of alkyl halides is 3. The molecule has 108 valence electrons. The van der Waals surface area contributed by atoms with Crippen LogP contribution in [0.3, 0.4) is 0 Å². The Hall–Kier alpha value is -1.31. The number of aliphatic carboxylic acids is 1. The highest BCUT2D eigenvalue weighted by Gasteiger charge is 2.48. The van der Waals surface area contributed by atoms with Gasteiger partial charge in [-0.25, -0.2) is 0 Å². The minimum Gasteiger partial charge on any atom is -0.481 e. The van der Waals surface area contributed by atoms with Crippen molar-refractivity contribution in [2.24, 2.45) is 11.8 Å². The topological polar surface area (TPSA) is 66.8 Å². The van der Waals surface area contributed by atoms with E-state index in [-0.39, 0.29) is 19.0 Å². The predicted octanol–water partition coefficient (Wildman–Crippen LogP) is 0.887. The predicted molar refractivity (Wildman–Crippen MR) is 56.2 cm³/mol. The van der Waals surface area contributed by atoms with Crippen LogP contribution in [0.15, 0.2) is 0 Å².